The van der Waals surface area contributed by atoms with Gasteiger partial charge < -0.3 is 14.2 Å². The van der Waals surface area contributed by atoms with Crippen molar-refractivity contribution in [3.63, 3.8) is 0 Å². The molecular formula is C17H22O6. The summed E-state index contributed by atoms with van der Waals surface area (Å²) in [6.45, 7) is 10.4. The maximum absolute atomic E-state index is 12.6. The van der Waals surface area contributed by atoms with E-state index in [0.717, 1.165) is 0 Å². The number of rotatable bonds is 3. The molecule has 0 aromatic rings. The molecule has 0 spiro atoms. The fourth-order valence-corrected chi connectivity index (χ4v) is 4.02. The summed E-state index contributed by atoms with van der Waals surface area (Å²) < 4.78 is 16.3. The summed E-state index contributed by atoms with van der Waals surface area (Å²) in [7, 11) is 0. The molecule has 0 aromatic heterocycles. The third-order valence-corrected chi connectivity index (χ3v) is 4.92. The molecule has 1 aliphatic heterocycles. The molecule has 126 valence electrons. The van der Waals surface area contributed by atoms with Crippen molar-refractivity contribution < 1.29 is 28.6 Å². The Labute approximate surface area is 135 Å². The number of fused-ring (bicyclic) bond motifs is 1. The Morgan fingerprint density at radius 1 is 1.35 bits per heavy atom. The minimum absolute atomic E-state index is 0.0627. The van der Waals surface area contributed by atoms with E-state index in [4.69, 9.17) is 14.2 Å². The first-order chi connectivity index (χ1) is 10.6. The molecule has 0 N–H and O–H groups in total. The zero-order valence-electron chi connectivity index (χ0n) is 13.9. The number of carbonyl (C=O) groups excluding carboxylic acids is 3. The van der Waals surface area contributed by atoms with Crippen LogP contribution >= 0.6 is 0 Å². The van der Waals surface area contributed by atoms with E-state index in [1.165, 1.54) is 0 Å². The molecule has 0 radical (unpaired) electrons. The fourth-order valence-electron chi connectivity index (χ4n) is 4.02. The summed E-state index contributed by atoms with van der Waals surface area (Å²) in [4.78, 5) is 36.8. The molecule has 3 rings (SSSR count). The third-order valence-electron chi connectivity index (χ3n) is 4.92. The minimum Gasteiger partial charge on any atom is -0.459 e. The Morgan fingerprint density at radius 2 is 2.00 bits per heavy atom. The van der Waals surface area contributed by atoms with Gasteiger partial charge in [0.05, 0.1) is 0 Å². The topological polar surface area (TPSA) is 78.9 Å². The lowest BCUT2D eigenvalue weighted by Crippen LogP contribution is -2.47. The van der Waals surface area contributed by atoms with Crippen molar-refractivity contribution in [2.24, 2.45) is 17.3 Å². The normalized spacial score (nSPS) is 37.5. The van der Waals surface area contributed by atoms with Crippen LogP contribution in [0.2, 0.25) is 0 Å². The van der Waals surface area contributed by atoms with E-state index >= 15 is 0 Å². The van der Waals surface area contributed by atoms with Crippen LogP contribution in [0.15, 0.2) is 12.2 Å². The lowest BCUT2D eigenvalue weighted by Gasteiger charge is -2.32. The van der Waals surface area contributed by atoms with Gasteiger partial charge >= 0.3 is 17.9 Å². The van der Waals surface area contributed by atoms with Crippen molar-refractivity contribution in [1.29, 1.82) is 0 Å². The van der Waals surface area contributed by atoms with Gasteiger partial charge in [0.25, 0.3) is 0 Å². The average Bonchev–Trinajstić information content (AvgIpc) is 2.98. The maximum atomic E-state index is 12.6. The second-order valence-corrected chi connectivity index (χ2v) is 7.80. The molecule has 23 heavy (non-hydrogen) atoms. The molecule has 1 saturated heterocycles. The lowest BCUT2D eigenvalue weighted by molar-refractivity contribution is -0.174. The number of carbonyl (C=O) groups is 3. The Balaban J connectivity index is 1.83. The van der Waals surface area contributed by atoms with Gasteiger partial charge in [0.2, 0.25) is 0 Å². The van der Waals surface area contributed by atoms with Gasteiger partial charge in [-0.1, -0.05) is 6.58 Å². The molecule has 3 aliphatic rings. The molecule has 0 amide bonds. The van der Waals surface area contributed by atoms with Gasteiger partial charge in [-0.15, -0.1) is 0 Å². The smallest absolute Gasteiger partial charge is 0.333 e. The zero-order valence-corrected chi connectivity index (χ0v) is 13.9. The summed E-state index contributed by atoms with van der Waals surface area (Å²) in [6.07, 6.45) is -0.108. The van der Waals surface area contributed by atoms with E-state index in [1.54, 1.807) is 27.7 Å². The highest BCUT2D eigenvalue weighted by molar-refractivity contribution is 6.03. The van der Waals surface area contributed by atoms with Gasteiger partial charge in [0.1, 0.15) is 17.8 Å². The van der Waals surface area contributed by atoms with Gasteiger partial charge in [-0.05, 0) is 40.5 Å². The summed E-state index contributed by atoms with van der Waals surface area (Å²) >= 11 is 0. The largest absolute Gasteiger partial charge is 0.459 e. The molecule has 2 saturated carbocycles. The molecule has 5 atom stereocenters. The molecule has 2 aliphatic carbocycles. The van der Waals surface area contributed by atoms with Gasteiger partial charge in [-0.25, -0.2) is 4.79 Å². The zero-order chi connectivity index (χ0) is 17.2. The third kappa shape index (κ3) is 2.26. The van der Waals surface area contributed by atoms with E-state index in [1.807, 2.05) is 0 Å². The number of esters is 3. The summed E-state index contributed by atoms with van der Waals surface area (Å²) in [5.74, 6) is -1.90. The number of hydrogen-bond donors (Lipinski definition) is 0. The van der Waals surface area contributed by atoms with Crippen LogP contribution in [-0.4, -0.2) is 35.7 Å². The first kappa shape index (κ1) is 16.0. The monoisotopic (exact) mass is 322 g/mol. The predicted octanol–water partition coefficient (Wildman–Crippen LogP) is 1.77. The Kier molecular flexibility index (Phi) is 3.36. The van der Waals surface area contributed by atoms with E-state index in [9.17, 15) is 14.4 Å². The van der Waals surface area contributed by atoms with Crippen molar-refractivity contribution in [1.82, 2.24) is 0 Å². The Morgan fingerprint density at radius 3 is 2.57 bits per heavy atom. The summed E-state index contributed by atoms with van der Waals surface area (Å²) in [5.41, 5.74) is -1.59. The summed E-state index contributed by atoms with van der Waals surface area (Å²) in [6, 6.07) is 0. The number of ether oxygens (including phenoxy) is 3. The molecule has 5 unspecified atom stereocenters. The minimum atomic E-state index is -1.23. The van der Waals surface area contributed by atoms with Crippen molar-refractivity contribution in [2.45, 2.75) is 58.3 Å². The molecule has 1 heterocycles. The molecule has 0 aromatic carbocycles. The fraction of sp³-hybridized carbons (Fsp3) is 0.706. The van der Waals surface area contributed by atoms with Crippen molar-refractivity contribution in [3.8, 4) is 0 Å². The van der Waals surface area contributed by atoms with Gasteiger partial charge in [-0.3, -0.25) is 9.59 Å². The van der Waals surface area contributed by atoms with Crippen LogP contribution in [0.4, 0.5) is 0 Å². The van der Waals surface area contributed by atoms with Crippen LogP contribution in [0.25, 0.3) is 0 Å². The van der Waals surface area contributed by atoms with E-state index in [2.05, 4.69) is 6.58 Å². The van der Waals surface area contributed by atoms with E-state index < -0.39 is 41.1 Å². The van der Waals surface area contributed by atoms with Crippen LogP contribution in [0.5, 0.6) is 0 Å². The lowest BCUT2D eigenvalue weighted by atomic mass is 9.73. The second kappa shape index (κ2) is 4.82. The van der Waals surface area contributed by atoms with Gasteiger partial charge in [-0.2, -0.15) is 0 Å². The standard InChI is InChI=1S/C17H22O6/c1-8(2)13(18)21-11-9-6-10-12(11)22-14(19)17(10,7-9)15(20)23-16(3,4)5/h9-12H,1,6-7H2,2-5H3. The molecule has 3 fully saturated rings. The second-order valence-electron chi connectivity index (χ2n) is 7.80. The highest BCUT2D eigenvalue weighted by atomic mass is 16.6. The van der Waals surface area contributed by atoms with E-state index in [-0.39, 0.29) is 11.8 Å². The molecule has 2 bridgehead atoms. The van der Waals surface area contributed by atoms with Crippen LogP contribution in [0, 0.1) is 17.3 Å². The predicted molar refractivity (Wildman–Crippen MR) is 79.1 cm³/mol. The van der Waals surface area contributed by atoms with Gasteiger partial charge in [0, 0.05) is 17.4 Å². The van der Waals surface area contributed by atoms with Crippen LogP contribution < -0.4 is 0 Å². The van der Waals surface area contributed by atoms with E-state index in [0.29, 0.717) is 18.4 Å². The highest BCUT2D eigenvalue weighted by Crippen LogP contribution is 2.63. The summed E-state index contributed by atoms with van der Waals surface area (Å²) in [5, 5.41) is 0. The Hall–Kier alpha value is -1.85. The first-order valence-electron chi connectivity index (χ1n) is 7.87. The van der Waals surface area contributed by atoms with Crippen molar-refractivity contribution in [2.75, 3.05) is 0 Å². The average molecular weight is 322 g/mol. The maximum Gasteiger partial charge on any atom is 0.333 e. The SMILES string of the molecule is C=C(C)C(=O)OC1C2CC3C1OC(=O)C3(C(=O)OC(C)(C)C)C2. The molecule has 6 heteroatoms. The Bertz CT molecular complexity index is 601. The first-order valence-corrected chi connectivity index (χ1v) is 7.87. The molecular weight excluding hydrogens is 300 g/mol. The van der Waals surface area contributed by atoms with Crippen molar-refractivity contribution >= 4 is 17.9 Å². The van der Waals surface area contributed by atoms with Gasteiger partial charge in [0.15, 0.2) is 5.41 Å². The van der Waals surface area contributed by atoms with Crippen LogP contribution in [0.1, 0.15) is 40.5 Å². The van der Waals surface area contributed by atoms with Crippen LogP contribution in [-0.2, 0) is 28.6 Å². The quantitative estimate of drug-likeness (QED) is 0.341. The van der Waals surface area contributed by atoms with Crippen molar-refractivity contribution in [3.05, 3.63) is 12.2 Å². The number of hydrogen-bond acceptors (Lipinski definition) is 6. The van der Waals surface area contributed by atoms with Crippen LogP contribution in [0.3, 0.4) is 0 Å². The molecule has 6 nitrogen and oxygen atoms in total. The highest BCUT2D eigenvalue weighted by Gasteiger charge is 2.75.